The van der Waals surface area contributed by atoms with Crippen LogP contribution in [0, 0.1) is 0 Å². The summed E-state index contributed by atoms with van der Waals surface area (Å²) in [7, 11) is 1.26. The molecule has 0 aliphatic carbocycles. The number of carboxylic acids is 1. The van der Waals surface area contributed by atoms with E-state index in [0.29, 0.717) is 11.3 Å². The molecule has 0 saturated heterocycles. The standard InChI is InChI=1S/C15H16N4O6S2/c1-24-19-10(8-5-27-15(16)17-8)12(20)18-11(13(21)22)9-2-7-6(4-26-9)3-25-14(7)23/h5,9,11H,2-4H2,1H3,(H2,16,17)(H,18,20)(H,21,22)/b19-10-/t9-,11+/m1/s1. The number of carbonyl (C=O) groups excluding carboxylic acids is 2. The molecule has 0 spiro atoms. The number of nitrogens with zero attached hydrogens (tertiary/aromatic N) is 2. The maximum absolute atomic E-state index is 12.6. The zero-order valence-corrected chi connectivity index (χ0v) is 15.8. The highest BCUT2D eigenvalue weighted by Gasteiger charge is 2.39. The molecule has 0 unspecified atom stereocenters. The van der Waals surface area contributed by atoms with Gasteiger partial charge in [0, 0.05) is 22.0 Å². The summed E-state index contributed by atoms with van der Waals surface area (Å²) < 4.78 is 4.98. The predicted molar refractivity (Wildman–Crippen MR) is 98.5 cm³/mol. The number of carbonyl (C=O) groups is 3. The third-order valence-electron chi connectivity index (χ3n) is 4.01. The summed E-state index contributed by atoms with van der Waals surface area (Å²) in [6.45, 7) is 0.244. The Morgan fingerprint density at radius 2 is 2.33 bits per heavy atom. The summed E-state index contributed by atoms with van der Waals surface area (Å²) in [5.74, 6) is -1.92. The van der Waals surface area contributed by atoms with Gasteiger partial charge in [-0.3, -0.25) is 4.79 Å². The number of anilines is 1. The van der Waals surface area contributed by atoms with Crippen LogP contribution in [0.4, 0.5) is 5.13 Å². The van der Waals surface area contributed by atoms with Crippen molar-refractivity contribution in [3.63, 3.8) is 0 Å². The van der Waals surface area contributed by atoms with E-state index in [1.165, 1.54) is 24.3 Å². The summed E-state index contributed by atoms with van der Waals surface area (Å²) in [4.78, 5) is 44.8. The number of nitrogen functional groups attached to an aromatic ring is 1. The fourth-order valence-electron chi connectivity index (χ4n) is 2.73. The molecule has 1 amide bonds. The fraction of sp³-hybridized carbons (Fsp3) is 0.400. The molecule has 2 atom stereocenters. The largest absolute Gasteiger partial charge is 0.480 e. The quantitative estimate of drug-likeness (QED) is 0.333. The minimum absolute atomic E-state index is 0.182. The van der Waals surface area contributed by atoms with Gasteiger partial charge in [-0.25, -0.2) is 14.6 Å². The highest BCUT2D eigenvalue weighted by atomic mass is 32.2. The van der Waals surface area contributed by atoms with E-state index in [2.05, 4.69) is 20.3 Å². The van der Waals surface area contributed by atoms with E-state index >= 15 is 0 Å². The van der Waals surface area contributed by atoms with Crippen molar-refractivity contribution in [2.24, 2.45) is 5.16 Å². The maximum atomic E-state index is 12.6. The Balaban J connectivity index is 1.78. The van der Waals surface area contributed by atoms with Crippen LogP contribution < -0.4 is 11.1 Å². The first-order valence-electron chi connectivity index (χ1n) is 7.76. The van der Waals surface area contributed by atoms with E-state index in [1.807, 2.05) is 0 Å². The topological polar surface area (TPSA) is 153 Å². The molecule has 12 heteroatoms. The van der Waals surface area contributed by atoms with Gasteiger partial charge in [-0.2, -0.15) is 11.8 Å². The summed E-state index contributed by atoms with van der Waals surface area (Å²) in [5, 5.41) is 16.9. The zero-order valence-electron chi connectivity index (χ0n) is 14.1. The van der Waals surface area contributed by atoms with E-state index in [-0.39, 0.29) is 29.6 Å². The lowest BCUT2D eigenvalue weighted by atomic mass is 10.0. The van der Waals surface area contributed by atoms with Crippen molar-refractivity contribution in [3.8, 4) is 0 Å². The number of carboxylic acid groups (broad SMARTS) is 1. The molecule has 4 N–H and O–H groups in total. The Labute approximate surface area is 161 Å². The van der Waals surface area contributed by atoms with Crippen LogP contribution in [0.1, 0.15) is 12.1 Å². The highest BCUT2D eigenvalue weighted by Crippen LogP contribution is 2.35. The first kappa shape index (κ1) is 19.2. The van der Waals surface area contributed by atoms with Crippen LogP contribution in [0.25, 0.3) is 0 Å². The van der Waals surface area contributed by atoms with E-state index < -0.39 is 29.1 Å². The molecule has 2 aliphatic rings. The van der Waals surface area contributed by atoms with Crippen molar-refractivity contribution in [2.75, 3.05) is 25.2 Å². The summed E-state index contributed by atoms with van der Waals surface area (Å²) >= 11 is 2.47. The number of rotatable bonds is 6. The van der Waals surface area contributed by atoms with Crippen molar-refractivity contribution in [1.82, 2.24) is 10.3 Å². The van der Waals surface area contributed by atoms with Crippen LogP contribution in [-0.4, -0.2) is 64.4 Å². The number of cyclic esters (lactones) is 1. The molecule has 1 aromatic rings. The SMILES string of the molecule is CO/N=C(\C(=O)N[C@H](C(=O)O)[C@H]1CC2=C(COC2=O)CS1)c1csc(N)n1. The minimum Gasteiger partial charge on any atom is -0.480 e. The second kappa shape index (κ2) is 7.96. The summed E-state index contributed by atoms with van der Waals surface area (Å²) in [6.07, 6.45) is 0.205. The molecule has 0 bridgehead atoms. The van der Waals surface area contributed by atoms with E-state index in [9.17, 15) is 19.5 Å². The van der Waals surface area contributed by atoms with Gasteiger partial charge in [0.15, 0.2) is 10.8 Å². The number of aliphatic carboxylic acids is 1. The van der Waals surface area contributed by atoms with Gasteiger partial charge in [0.1, 0.15) is 25.5 Å². The van der Waals surface area contributed by atoms with Gasteiger partial charge in [0.2, 0.25) is 0 Å². The molecule has 0 fully saturated rings. The third kappa shape index (κ3) is 4.06. The monoisotopic (exact) mass is 412 g/mol. The Hall–Kier alpha value is -2.60. The van der Waals surface area contributed by atoms with E-state index in [0.717, 1.165) is 16.9 Å². The molecule has 10 nitrogen and oxygen atoms in total. The molecule has 144 valence electrons. The first-order chi connectivity index (χ1) is 12.9. The van der Waals surface area contributed by atoms with Crippen LogP contribution in [0.5, 0.6) is 0 Å². The highest BCUT2D eigenvalue weighted by molar-refractivity contribution is 8.00. The lowest BCUT2D eigenvalue weighted by Gasteiger charge is -2.27. The average molecular weight is 412 g/mol. The number of nitrogens with two attached hydrogens (primary N) is 1. The number of oxime groups is 1. The number of amides is 1. The number of thiazole rings is 1. The third-order valence-corrected chi connectivity index (χ3v) is 6.07. The number of aromatic nitrogens is 1. The van der Waals surface area contributed by atoms with Gasteiger partial charge in [-0.05, 0) is 12.0 Å². The van der Waals surface area contributed by atoms with Gasteiger partial charge in [0.25, 0.3) is 5.91 Å². The second-order valence-corrected chi connectivity index (χ2v) is 7.81. The molecule has 0 aromatic carbocycles. The Morgan fingerprint density at radius 1 is 1.56 bits per heavy atom. The van der Waals surface area contributed by atoms with Crippen molar-refractivity contribution < 1.29 is 29.1 Å². The Kier molecular flexibility index (Phi) is 5.65. The fourth-order valence-corrected chi connectivity index (χ4v) is 4.61. The minimum atomic E-state index is -1.23. The zero-order chi connectivity index (χ0) is 19.6. The molecule has 27 heavy (non-hydrogen) atoms. The maximum Gasteiger partial charge on any atom is 0.334 e. The smallest absolute Gasteiger partial charge is 0.334 e. The average Bonchev–Trinajstić information content (AvgIpc) is 3.23. The van der Waals surface area contributed by atoms with Crippen LogP contribution in [0.15, 0.2) is 21.7 Å². The van der Waals surface area contributed by atoms with Crippen molar-refractivity contribution >= 4 is 51.8 Å². The van der Waals surface area contributed by atoms with Gasteiger partial charge >= 0.3 is 11.9 Å². The number of esters is 1. The van der Waals surface area contributed by atoms with Crippen molar-refractivity contribution in [2.45, 2.75) is 17.7 Å². The predicted octanol–water partition coefficient (Wildman–Crippen LogP) is 0.00410. The number of ether oxygens (including phenoxy) is 1. The summed E-state index contributed by atoms with van der Waals surface area (Å²) in [5.41, 5.74) is 6.94. The van der Waals surface area contributed by atoms with Crippen molar-refractivity contribution in [3.05, 3.63) is 22.2 Å². The Bertz CT molecular complexity index is 849. The second-order valence-electron chi connectivity index (χ2n) is 5.69. The lowest BCUT2D eigenvalue weighted by molar-refractivity contribution is -0.141. The van der Waals surface area contributed by atoms with Crippen LogP contribution in [0.2, 0.25) is 0 Å². The molecular formula is C15H16N4O6S2. The molecule has 0 radical (unpaired) electrons. The molecule has 2 aliphatic heterocycles. The molecule has 0 saturated carbocycles. The molecule has 3 rings (SSSR count). The van der Waals surface area contributed by atoms with Crippen molar-refractivity contribution in [1.29, 1.82) is 0 Å². The van der Waals surface area contributed by atoms with Crippen LogP contribution in [-0.2, 0) is 24.0 Å². The molecular weight excluding hydrogens is 396 g/mol. The number of nitrogens with one attached hydrogen (secondary N) is 1. The van der Waals surface area contributed by atoms with E-state index in [1.54, 1.807) is 0 Å². The van der Waals surface area contributed by atoms with Crippen LogP contribution in [0.3, 0.4) is 0 Å². The number of thioether (sulfide) groups is 1. The van der Waals surface area contributed by atoms with Gasteiger partial charge in [-0.15, -0.1) is 11.3 Å². The molecule has 1 aromatic heterocycles. The lowest BCUT2D eigenvalue weighted by Crippen LogP contribution is -2.50. The van der Waals surface area contributed by atoms with Gasteiger partial charge in [-0.1, -0.05) is 5.16 Å². The van der Waals surface area contributed by atoms with Crippen LogP contribution >= 0.6 is 23.1 Å². The Morgan fingerprint density at radius 3 is 2.96 bits per heavy atom. The van der Waals surface area contributed by atoms with Gasteiger partial charge < -0.3 is 25.7 Å². The normalized spacial score (nSPS) is 20.7. The van der Waals surface area contributed by atoms with E-state index in [4.69, 9.17) is 10.5 Å². The number of hydrogen-bond acceptors (Lipinski definition) is 10. The first-order valence-corrected chi connectivity index (χ1v) is 9.69. The number of hydrogen-bond donors (Lipinski definition) is 3. The molecule has 3 heterocycles. The van der Waals surface area contributed by atoms with Gasteiger partial charge in [0.05, 0.1) is 0 Å². The summed E-state index contributed by atoms with van der Waals surface area (Å²) in [6, 6.07) is -1.23.